The van der Waals surface area contributed by atoms with Gasteiger partial charge in [-0.05, 0) is 0 Å². The number of likely N-dealkylation sites (tertiary alicyclic amines) is 1. The molecule has 0 spiro atoms. The van der Waals surface area contributed by atoms with Crippen molar-refractivity contribution in [1.29, 1.82) is 0 Å². The summed E-state index contributed by atoms with van der Waals surface area (Å²) in [4.78, 5) is 10.6. The maximum atomic E-state index is 10.6. The second kappa shape index (κ2) is 4.45. The zero-order chi connectivity index (χ0) is 9.78. The van der Waals surface area contributed by atoms with Gasteiger partial charge in [-0.15, -0.1) is 0 Å². The summed E-state index contributed by atoms with van der Waals surface area (Å²) in [5.74, 6) is -0.650. The molecular formula is C9H20NO2+. The Balaban J connectivity index is 0.000000561. The van der Waals surface area contributed by atoms with Gasteiger partial charge < -0.3 is 9.59 Å². The van der Waals surface area contributed by atoms with Gasteiger partial charge in [-0.3, -0.25) is 0 Å². The Morgan fingerprint density at radius 2 is 1.92 bits per heavy atom. The molecule has 1 heterocycles. The predicted octanol–water partition coefficient (Wildman–Crippen LogP) is 1.34. The highest BCUT2D eigenvalue weighted by molar-refractivity contribution is 5.72. The largest absolute Gasteiger partial charge is 0.477 e. The average Bonchev–Trinajstić information content (AvgIpc) is 2.33. The van der Waals surface area contributed by atoms with Crippen LogP contribution in [0.15, 0.2) is 0 Å². The lowest BCUT2D eigenvalue weighted by molar-refractivity contribution is -0.893. The van der Waals surface area contributed by atoms with E-state index in [1.54, 1.807) is 0 Å². The molecule has 1 aliphatic heterocycles. The number of hydrogen-bond acceptors (Lipinski definition) is 1. The molecule has 1 rings (SSSR count). The van der Waals surface area contributed by atoms with Crippen LogP contribution in [0.1, 0.15) is 26.7 Å². The van der Waals surface area contributed by atoms with E-state index in [9.17, 15) is 4.79 Å². The van der Waals surface area contributed by atoms with Crippen molar-refractivity contribution < 1.29 is 14.4 Å². The Kier molecular flexibility index (Phi) is 4.24. The molecule has 3 nitrogen and oxygen atoms in total. The number of carboxylic acids is 1. The van der Waals surface area contributed by atoms with Crippen molar-refractivity contribution in [3.05, 3.63) is 0 Å². The number of carboxylic acid groups (broad SMARTS) is 1. The summed E-state index contributed by atoms with van der Waals surface area (Å²) in [6.45, 7) is 5.00. The number of aliphatic carboxylic acids is 1. The first-order valence-electron chi connectivity index (χ1n) is 4.59. The third-order valence-electron chi connectivity index (χ3n) is 2.34. The highest BCUT2D eigenvalue weighted by Gasteiger charge is 2.39. The topological polar surface area (TPSA) is 37.3 Å². The molecule has 0 aromatic heterocycles. The molecule has 1 saturated heterocycles. The minimum absolute atomic E-state index is 0.167. The summed E-state index contributed by atoms with van der Waals surface area (Å²) in [6.07, 6.45) is 1.88. The van der Waals surface area contributed by atoms with Crippen molar-refractivity contribution in [2.75, 3.05) is 20.6 Å². The minimum Gasteiger partial charge on any atom is -0.477 e. The molecule has 72 valence electrons. The van der Waals surface area contributed by atoms with Crippen LogP contribution in [-0.4, -0.2) is 42.2 Å². The number of likely N-dealkylation sites (N-methyl/N-ethyl adjacent to an activating group) is 1. The van der Waals surface area contributed by atoms with Gasteiger partial charge >= 0.3 is 5.97 Å². The molecule has 0 saturated carbocycles. The molecular weight excluding hydrogens is 154 g/mol. The van der Waals surface area contributed by atoms with Crippen molar-refractivity contribution in [3.8, 4) is 0 Å². The van der Waals surface area contributed by atoms with Crippen molar-refractivity contribution in [2.24, 2.45) is 0 Å². The Bertz CT molecular complexity index is 155. The van der Waals surface area contributed by atoms with Gasteiger partial charge in [-0.1, -0.05) is 13.8 Å². The molecule has 1 N–H and O–H groups in total. The minimum atomic E-state index is -0.650. The molecule has 0 radical (unpaired) electrons. The molecule has 0 bridgehead atoms. The van der Waals surface area contributed by atoms with E-state index in [0.717, 1.165) is 19.4 Å². The van der Waals surface area contributed by atoms with Gasteiger partial charge in [0.05, 0.1) is 20.6 Å². The van der Waals surface area contributed by atoms with Crippen LogP contribution in [0.2, 0.25) is 0 Å². The van der Waals surface area contributed by atoms with Gasteiger partial charge in [0.15, 0.2) is 6.04 Å². The van der Waals surface area contributed by atoms with Crippen LogP contribution < -0.4 is 0 Å². The summed E-state index contributed by atoms with van der Waals surface area (Å²) >= 11 is 0. The van der Waals surface area contributed by atoms with Crippen LogP contribution in [0.4, 0.5) is 0 Å². The number of nitrogens with zero attached hydrogens (tertiary/aromatic N) is 1. The number of quaternary nitrogens is 1. The first kappa shape index (κ1) is 11.4. The van der Waals surface area contributed by atoms with Crippen LogP contribution in [0.25, 0.3) is 0 Å². The van der Waals surface area contributed by atoms with Gasteiger partial charge in [-0.2, -0.15) is 0 Å². The van der Waals surface area contributed by atoms with Crippen molar-refractivity contribution in [2.45, 2.75) is 32.7 Å². The van der Waals surface area contributed by atoms with E-state index >= 15 is 0 Å². The molecule has 12 heavy (non-hydrogen) atoms. The van der Waals surface area contributed by atoms with Gasteiger partial charge in [0.2, 0.25) is 0 Å². The Labute approximate surface area is 74.6 Å². The summed E-state index contributed by atoms with van der Waals surface area (Å²) in [5, 5.41) is 8.73. The van der Waals surface area contributed by atoms with Crippen molar-refractivity contribution in [1.82, 2.24) is 0 Å². The number of rotatable bonds is 1. The van der Waals surface area contributed by atoms with Crippen LogP contribution in [0.3, 0.4) is 0 Å². The predicted molar refractivity (Wildman–Crippen MR) is 49.0 cm³/mol. The van der Waals surface area contributed by atoms with Gasteiger partial charge in [0.1, 0.15) is 0 Å². The standard InChI is InChI=1S/C7H13NO2.C2H6/c1-8(2)5-3-4-6(8)7(9)10;1-2/h6H,3-5H2,1-2H3;1-2H3/p+1/t6-;/m0./s1. The molecule has 0 unspecified atom stereocenters. The summed E-state index contributed by atoms with van der Waals surface area (Å²) in [5.41, 5.74) is 0. The van der Waals surface area contributed by atoms with Crippen molar-refractivity contribution >= 4 is 5.97 Å². The lowest BCUT2D eigenvalue weighted by Crippen LogP contribution is -2.48. The highest BCUT2D eigenvalue weighted by atomic mass is 16.4. The molecule has 1 atom stereocenters. The quantitative estimate of drug-likeness (QED) is 0.609. The molecule has 0 aromatic carbocycles. The SMILES string of the molecule is CC.C[N+]1(C)CCC[C@H]1C(=O)O. The van der Waals surface area contributed by atoms with Crippen molar-refractivity contribution in [3.63, 3.8) is 0 Å². The molecule has 3 heteroatoms. The fourth-order valence-corrected chi connectivity index (χ4v) is 1.62. The van der Waals surface area contributed by atoms with Crippen LogP contribution >= 0.6 is 0 Å². The third-order valence-corrected chi connectivity index (χ3v) is 2.34. The zero-order valence-electron chi connectivity index (χ0n) is 8.50. The smallest absolute Gasteiger partial charge is 0.362 e. The van der Waals surface area contributed by atoms with E-state index in [2.05, 4.69) is 0 Å². The van der Waals surface area contributed by atoms with E-state index in [0.29, 0.717) is 4.48 Å². The summed E-state index contributed by atoms with van der Waals surface area (Å²) < 4.78 is 0.648. The van der Waals surface area contributed by atoms with Gasteiger partial charge in [0, 0.05) is 12.8 Å². The lowest BCUT2D eigenvalue weighted by Gasteiger charge is -2.28. The molecule has 1 aliphatic rings. The van der Waals surface area contributed by atoms with E-state index in [4.69, 9.17) is 5.11 Å². The Morgan fingerprint density at radius 1 is 1.42 bits per heavy atom. The lowest BCUT2D eigenvalue weighted by atomic mass is 10.2. The summed E-state index contributed by atoms with van der Waals surface area (Å²) in [6, 6.07) is -0.167. The fraction of sp³-hybridized carbons (Fsp3) is 0.889. The van der Waals surface area contributed by atoms with E-state index in [1.165, 1.54) is 0 Å². The van der Waals surface area contributed by atoms with Gasteiger partial charge in [-0.25, -0.2) is 4.79 Å². The summed E-state index contributed by atoms with van der Waals surface area (Å²) in [7, 11) is 3.96. The van der Waals surface area contributed by atoms with E-state index in [1.807, 2.05) is 27.9 Å². The fourth-order valence-electron chi connectivity index (χ4n) is 1.62. The molecule has 0 aromatic rings. The normalized spacial score (nSPS) is 25.8. The van der Waals surface area contributed by atoms with E-state index in [-0.39, 0.29) is 6.04 Å². The molecule has 1 fully saturated rings. The second-order valence-electron chi connectivity index (χ2n) is 3.50. The Morgan fingerprint density at radius 3 is 2.08 bits per heavy atom. The van der Waals surface area contributed by atoms with Crippen LogP contribution in [0.5, 0.6) is 0 Å². The third kappa shape index (κ3) is 2.48. The van der Waals surface area contributed by atoms with Crippen LogP contribution in [-0.2, 0) is 4.79 Å². The van der Waals surface area contributed by atoms with Gasteiger partial charge in [0.25, 0.3) is 0 Å². The average molecular weight is 174 g/mol. The zero-order valence-corrected chi connectivity index (χ0v) is 8.50. The number of carbonyl (C=O) groups is 1. The van der Waals surface area contributed by atoms with E-state index < -0.39 is 5.97 Å². The molecule has 0 amide bonds. The maximum absolute atomic E-state index is 10.6. The number of hydrogen-bond donors (Lipinski definition) is 1. The maximum Gasteiger partial charge on any atom is 0.362 e. The van der Waals surface area contributed by atoms with Crippen LogP contribution in [0, 0.1) is 0 Å². The first-order valence-corrected chi connectivity index (χ1v) is 4.59. The first-order chi connectivity index (χ1) is 5.54. The highest BCUT2D eigenvalue weighted by Crippen LogP contribution is 2.21. The monoisotopic (exact) mass is 174 g/mol. The molecule has 0 aliphatic carbocycles. The Hall–Kier alpha value is -0.570. The second-order valence-corrected chi connectivity index (χ2v) is 3.50.